The van der Waals surface area contributed by atoms with Crippen molar-refractivity contribution in [2.24, 2.45) is 0 Å². The van der Waals surface area contributed by atoms with Crippen molar-refractivity contribution < 1.29 is 0 Å². The molecule has 3 nitrogen and oxygen atoms in total. The molecular weight excluding hydrogens is 373 g/mol. The molecule has 0 aromatic heterocycles. The van der Waals surface area contributed by atoms with Gasteiger partial charge in [-0.3, -0.25) is 4.90 Å². The van der Waals surface area contributed by atoms with Gasteiger partial charge in [-0.1, -0.05) is 47.0 Å². The van der Waals surface area contributed by atoms with Gasteiger partial charge in [0.15, 0.2) is 5.11 Å². The minimum Gasteiger partial charge on any atom is -0.346 e. The van der Waals surface area contributed by atoms with Gasteiger partial charge in [0.1, 0.15) is 0 Å². The highest BCUT2D eigenvalue weighted by Crippen LogP contribution is 2.26. The zero-order valence-corrected chi connectivity index (χ0v) is 16.5. The number of rotatable bonds is 3. The standard InChI is InChI=1S/C19H21Cl2N3S/c1-14-5-7-15(8-6-14)22-19(25)24-11-9-23(10-12-24)13-16-17(20)3-2-4-18(16)21/h2-8H,9-13H2,1H3,(H,22,25). The van der Waals surface area contributed by atoms with Crippen molar-refractivity contribution >= 4 is 46.2 Å². The minimum absolute atomic E-state index is 0.728. The lowest BCUT2D eigenvalue weighted by Crippen LogP contribution is -2.49. The van der Waals surface area contributed by atoms with Crippen LogP contribution in [0.2, 0.25) is 10.0 Å². The monoisotopic (exact) mass is 393 g/mol. The van der Waals surface area contributed by atoms with Gasteiger partial charge < -0.3 is 10.2 Å². The van der Waals surface area contributed by atoms with Gasteiger partial charge in [0.2, 0.25) is 0 Å². The number of hydrogen-bond acceptors (Lipinski definition) is 2. The highest BCUT2D eigenvalue weighted by atomic mass is 35.5. The van der Waals surface area contributed by atoms with Gasteiger partial charge in [-0.25, -0.2) is 0 Å². The second-order valence-corrected chi connectivity index (χ2v) is 7.46. The molecular formula is C19H21Cl2N3S. The first-order valence-corrected chi connectivity index (χ1v) is 9.47. The quantitative estimate of drug-likeness (QED) is 0.753. The van der Waals surface area contributed by atoms with Gasteiger partial charge in [0.25, 0.3) is 0 Å². The molecule has 0 amide bonds. The Labute approximate surface area is 164 Å². The van der Waals surface area contributed by atoms with Crippen molar-refractivity contribution in [3.63, 3.8) is 0 Å². The van der Waals surface area contributed by atoms with Gasteiger partial charge >= 0.3 is 0 Å². The molecule has 0 bridgehead atoms. The number of benzene rings is 2. The second-order valence-electron chi connectivity index (χ2n) is 6.26. The summed E-state index contributed by atoms with van der Waals surface area (Å²) in [7, 11) is 0. The molecule has 0 atom stereocenters. The Balaban J connectivity index is 1.53. The number of piperazine rings is 1. The molecule has 1 N–H and O–H groups in total. The second kappa shape index (κ2) is 8.37. The molecule has 25 heavy (non-hydrogen) atoms. The van der Waals surface area contributed by atoms with Crippen LogP contribution in [-0.4, -0.2) is 41.1 Å². The largest absolute Gasteiger partial charge is 0.346 e. The third-order valence-corrected chi connectivity index (χ3v) is 5.47. The summed E-state index contributed by atoms with van der Waals surface area (Å²) in [5.74, 6) is 0. The van der Waals surface area contributed by atoms with Crippen LogP contribution in [0.4, 0.5) is 5.69 Å². The average Bonchev–Trinajstić information content (AvgIpc) is 2.61. The van der Waals surface area contributed by atoms with E-state index in [4.69, 9.17) is 35.4 Å². The van der Waals surface area contributed by atoms with Crippen LogP contribution in [0.1, 0.15) is 11.1 Å². The Bertz CT molecular complexity index is 721. The van der Waals surface area contributed by atoms with Crippen molar-refractivity contribution in [1.82, 2.24) is 9.80 Å². The maximum absolute atomic E-state index is 6.28. The number of hydrogen-bond donors (Lipinski definition) is 1. The Morgan fingerprint density at radius 3 is 2.20 bits per heavy atom. The number of halogens is 2. The zero-order valence-electron chi connectivity index (χ0n) is 14.1. The molecule has 0 radical (unpaired) electrons. The molecule has 0 unspecified atom stereocenters. The average molecular weight is 394 g/mol. The van der Waals surface area contributed by atoms with Gasteiger partial charge in [-0.05, 0) is 43.4 Å². The van der Waals surface area contributed by atoms with E-state index in [2.05, 4.69) is 46.3 Å². The van der Waals surface area contributed by atoms with Gasteiger partial charge in [-0.2, -0.15) is 0 Å². The van der Waals surface area contributed by atoms with Crippen LogP contribution in [-0.2, 0) is 6.54 Å². The van der Waals surface area contributed by atoms with E-state index in [-0.39, 0.29) is 0 Å². The minimum atomic E-state index is 0.728. The van der Waals surface area contributed by atoms with Crippen molar-refractivity contribution in [2.45, 2.75) is 13.5 Å². The molecule has 3 rings (SSSR count). The highest BCUT2D eigenvalue weighted by Gasteiger charge is 2.20. The first-order chi connectivity index (χ1) is 12.0. The lowest BCUT2D eigenvalue weighted by Gasteiger charge is -2.36. The summed E-state index contributed by atoms with van der Waals surface area (Å²) in [6, 6.07) is 13.9. The molecule has 132 valence electrons. The number of aryl methyl sites for hydroxylation is 1. The fourth-order valence-electron chi connectivity index (χ4n) is 2.86. The summed E-state index contributed by atoms with van der Waals surface area (Å²) in [6.45, 7) is 6.48. The van der Waals surface area contributed by atoms with Gasteiger partial charge in [0, 0.05) is 54.0 Å². The third kappa shape index (κ3) is 4.85. The van der Waals surface area contributed by atoms with Crippen molar-refractivity contribution in [1.29, 1.82) is 0 Å². The molecule has 1 aliphatic heterocycles. The highest BCUT2D eigenvalue weighted by molar-refractivity contribution is 7.80. The third-order valence-electron chi connectivity index (χ3n) is 4.41. The molecule has 2 aromatic carbocycles. The summed E-state index contributed by atoms with van der Waals surface area (Å²) in [5.41, 5.74) is 3.27. The summed E-state index contributed by atoms with van der Waals surface area (Å²) >= 11 is 18.1. The van der Waals surface area contributed by atoms with Crippen LogP contribution < -0.4 is 5.32 Å². The van der Waals surface area contributed by atoms with E-state index in [1.807, 2.05) is 18.2 Å². The molecule has 6 heteroatoms. The Morgan fingerprint density at radius 1 is 1.00 bits per heavy atom. The molecule has 1 aliphatic rings. The molecule has 2 aromatic rings. The smallest absolute Gasteiger partial charge is 0.173 e. The SMILES string of the molecule is Cc1ccc(NC(=S)N2CCN(Cc3c(Cl)cccc3Cl)CC2)cc1. The van der Waals surface area contributed by atoms with Crippen molar-refractivity contribution in [2.75, 3.05) is 31.5 Å². The van der Waals surface area contributed by atoms with Crippen LogP contribution in [0, 0.1) is 6.92 Å². The number of anilines is 1. The normalized spacial score (nSPS) is 15.2. The summed E-state index contributed by atoms with van der Waals surface area (Å²) in [5, 5.41) is 5.55. The molecule has 1 saturated heterocycles. The number of nitrogens with one attached hydrogen (secondary N) is 1. The maximum Gasteiger partial charge on any atom is 0.173 e. The predicted molar refractivity (Wildman–Crippen MR) is 111 cm³/mol. The van der Waals surface area contributed by atoms with E-state index >= 15 is 0 Å². The van der Waals surface area contributed by atoms with Crippen LogP contribution in [0.15, 0.2) is 42.5 Å². The maximum atomic E-state index is 6.28. The van der Waals surface area contributed by atoms with E-state index in [0.29, 0.717) is 0 Å². The summed E-state index contributed by atoms with van der Waals surface area (Å²) in [6.07, 6.45) is 0. The van der Waals surface area contributed by atoms with E-state index in [1.54, 1.807) is 0 Å². The van der Waals surface area contributed by atoms with Crippen LogP contribution in [0.25, 0.3) is 0 Å². The Kier molecular flexibility index (Phi) is 6.18. The lowest BCUT2D eigenvalue weighted by atomic mass is 10.2. The van der Waals surface area contributed by atoms with E-state index in [0.717, 1.165) is 59.1 Å². The molecule has 1 heterocycles. The Morgan fingerprint density at radius 2 is 1.60 bits per heavy atom. The van der Waals surface area contributed by atoms with Crippen LogP contribution in [0.3, 0.4) is 0 Å². The first kappa shape index (κ1) is 18.5. The van der Waals surface area contributed by atoms with Crippen LogP contribution in [0.5, 0.6) is 0 Å². The molecule has 1 fully saturated rings. The van der Waals surface area contributed by atoms with E-state index < -0.39 is 0 Å². The Hall–Kier alpha value is -1.33. The number of thiocarbonyl (C=S) groups is 1. The van der Waals surface area contributed by atoms with Crippen molar-refractivity contribution in [3.05, 3.63) is 63.6 Å². The number of nitrogens with zero attached hydrogens (tertiary/aromatic N) is 2. The molecule has 0 aliphatic carbocycles. The van der Waals surface area contributed by atoms with Crippen molar-refractivity contribution in [3.8, 4) is 0 Å². The topological polar surface area (TPSA) is 18.5 Å². The zero-order chi connectivity index (χ0) is 17.8. The fraction of sp³-hybridized carbons (Fsp3) is 0.316. The van der Waals surface area contributed by atoms with Gasteiger partial charge in [0.05, 0.1) is 0 Å². The predicted octanol–water partition coefficient (Wildman–Crippen LogP) is 4.82. The van der Waals surface area contributed by atoms with E-state index in [1.165, 1.54) is 5.56 Å². The van der Waals surface area contributed by atoms with Gasteiger partial charge in [-0.15, -0.1) is 0 Å². The molecule has 0 saturated carbocycles. The summed E-state index contributed by atoms with van der Waals surface area (Å²) < 4.78 is 0. The lowest BCUT2D eigenvalue weighted by molar-refractivity contribution is 0.177. The van der Waals surface area contributed by atoms with E-state index in [9.17, 15) is 0 Å². The van der Waals surface area contributed by atoms with Crippen LogP contribution >= 0.6 is 35.4 Å². The molecule has 0 spiro atoms. The fourth-order valence-corrected chi connectivity index (χ4v) is 3.67. The summed E-state index contributed by atoms with van der Waals surface area (Å²) in [4.78, 5) is 4.57. The first-order valence-electron chi connectivity index (χ1n) is 8.31.